The Morgan fingerprint density at radius 2 is 1.79 bits per heavy atom. The van der Waals surface area contributed by atoms with E-state index in [1.54, 1.807) is 6.92 Å². The number of benzene rings is 1. The van der Waals surface area contributed by atoms with Crippen molar-refractivity contribution >= 4 is 23.0 Å². The maximum atomic E-state index is 10.5. The highest BCUT2D eigenvalue weighted by atomic mass is 35.5. The maximum Gasteiger partial charge on any atom is 0.364 e. The molecular formula is C7H5ClN2O4. The second-order valence-corrected chi connectivity index (χ2v) is 2.96. The van der Waals surface area contributed by atoms with E-state index in [4.69, 9.17) is 11.6 Å². The lowest BCUT2D eigenvalue weighted by molar-refractivity contribution is -0.422. The minimum absolute atomic E-state index is 0.191. The zero-order chi connectivity index (χ0) is 10.9. The number of nitro groups is 2. The Balaban J connectivity index is 3.53. The Hall–Kier alpha value is -1.69. The van der Waals surface area contributed by atoms with E-state index < -0.39 is 21.2 Å². The molecule has 0 saturated carbocycles. The van der Waals surface area contributed by atoms with Gasteiger partial charge in [-0.3, -0.25) is 20.2 Å². The van der Waals surface area contributed by atoms with Gasteiger partial charge in [0.25, 0.3) is 0 Å². The molecular weight excluding hydrogens is 212 g/mol. The second-order valence-electron chi connectivity index (χ2n) is 2.58. The molecule has 0 aromatic heterocycles. The molecule has 7 heteroatoms. The minimum Gasteiger partial charge on any atom is -0.258 e. The van der Waals surface area contributed by atoms with E-state index in [0.717, 1.165) is 6.07 Å². The van der Waals surface area contributed by atoms with E-state index in [0.29, 0.717) is 5.56 Å². The Morgan fingerprint density at radius 1 is 1.21 bits per heavy atom. The summed E-state index contributed by atoms with van der Waals surface area (Å²) in [6.07, 6.45) is 0. The predicted octanol–water partition coefficient (Wildman–Crippen LogP) is 2.46. The molecule has 0 radical (unpaired) electrons. The molecule has 6 nitrogen and oxygen atoms in total. The van der Waals surface area contributed by atoms with Crippen LogP contribution in [0, 0.1) is 27.2 Å². The molecule has 0 unspecified atom stereocenters. The molecule has 0 heterocycles. The smallest absolute Gasteiger partial charge is 0.258 e. The first-order valence-electron chi connectivity index (χ1n) is 3.53. The maximum absolute atomic E-state index is 10.5. The van der Waals surface area contributed by atoms with Gasteiger partial charge in [-0.25, -0.2) is 0 Å². The zero-order valence-electron chi connectivity index (χ0n) is 7.06. The normalized spacial score (nSPS) is 9.86. The summed E-state index contributed by atoms with van der Waals surface area (Å²) in [5.41, 5.74) is -0.814. The lowest BCUT2D eigenvalue weighted by Crippen LogP contribution is -1.98. The van der Waals surface area contributed by atoms with Gasteiger partial charge in [0.2, 0.25) is 0 Å². The molecule has 0 aliphatic carbocycles. The quantitative estimate of drug-likeness (QED) is 0.561. The van der Waals surface area contributed by atoms with Gasteiger partial charge in [-0.1, -0.05) is 17.7 Å². The summed E-state index contributed by atoms with van der Waals surface area (Å²) >= 11 is 5.59. The van der Waals surface area contributed by atoms with Crippen molar-refractivity contribution in [2.45, 2.75) is 6.92 Å². The Morgan fingerprint density at radius 3 is 2.21 bits per heavy atom. The molecule has 0 bridgehead atoms. The summed E-state index contributed by atoms with van der Waals surface area (Å²) in [6.45, 7) is 1.54. The predicted molar refractivity (Wildman–Crippen MR) is 49.5 cm³/mol. The largest absolute Gasteiger partial charge is 0.364 e. The van der Waals surface area contributed by atoms with E-state index in [-0.39, 0.29) is 5.02 Å². The standard InChI is InChI=1S/C7H5ClN2O4/c1-4-2-3-5(9(11)12)7(6(4)8)10(13)14/h2-3H,1H3. The van der Waals surface area contributed by atoms with Crippen LogP contribution in [-0.4, -0.2) is 9.85 Å². The fourth-order valence-electron chi connectivity index (χ4n) is 0.976. The molecule has 0 saturated heterocycles. The molecule has 0 amide bonds. The van der Waals surface area contributed by atoms with Crippen LogP contribution in [0.25, 0.3) is 0 Å². The summed E-state index contributed by atoms with van der Waals surface area (Å²) in [7, 11) is 0. The van der Waals surface area contributed by atoms with Crippen molar-refractivity contribution < 1.29 is 9.85 Å². The summed E-state index contributed by atoms with van der Waals surface area (Å²) in [5.74, 6) is 0. The summed E-state index contributed by atoms with van der Waals surface area (Å²) in [4.78, 5) is 19.3. The van der Waals surface area contributed by atoms with E-state index in [1.807, 2.05) is 0 Å². The first-order valence-corrected chi connectivity index (χ1v) is 3.91. The van der Waals surface area contributed by atoms with Crippen LogP contribution in [-0.2, 0) is 0 Å². The lowest BCUT2D eigenvalue weighted by Gasteiger charge is -1.99. The Bertz CT molecular complexity index is 418. The number of nitrogens with zero attached hydrogens (tertiary/aromatic N) is 2. The number of hydrogen-bond acceptors (Lipinski definition) is 4. The van der Waals surface area contributed by atoms with Crippen molar-refractivity contribution in [1.29, 1.82) is 0 Å². The van der Waals surface area contributed by atoms with Gasteiger partial charge in [0.1, 0.15) is 5.02 Å². The lowest BCUT2D eigenvalue weighted by atomic mass is 10.2. The van der Waals surface area contributed by atoms with Crippen LogP contribution in [0.5, 0.6) is 0 Å². The third-order valence-corrected chi connectivity index (χ3v) is 2.14. The molecule has 74 valence electrons. The molecule has 0 atom stereocenters. The van der Waals surface area contributed by atoms with E-state index >= 15 is 0 Å². The summed E-state index contributed by atoms with van der Waals surface area (Å²) < 4.78 is 0. The number of aryl methyl sites for hydroxylation is 1. The van der Waals surface area contributed by atoms with Crippen LogP contribution >= 0.6 is 11.6 Å². The van der Waals surface area contributed by atoms with Gasteiger partial charge < -0.3 is 0 Å². The highest BCUT2D eigenvalue weighted by Gasteiger charge is 2.28. The van der Waals surface area contributed by atoms with Gasteiger partial charge in [-0.2, -0.15) is 0 Å². The van der Waals surface area contributed by atoms with Crippen molar-refractivity contribution in [1.82, 2.24) is 0 Å². The summed E-state index contributed by atoms with van der Waals surface area (Å²) in [5, 5.41) is 20.8. The van der Waals surface area contributed by atoms with Gasteiger partial charge in [0.15, 0.2) is 0 Å². The molecule has 0 aliphatic heterocycles. The molecule has 0 N–H and O–H groups in total. The van der Waals surface area contributed by atoms with Gasteiger partial charge in [-0.15, -0.1) is 0 Å². The van der Waals surface area contributed by atoms with Gasteiger partial charge in [0, 0.05) is 6.07 Å². The van der Waals surface area contributed by atoms with Crippen LogP contribution in [0.15, 0.2) is 12.1 Å². The topological polar surface area (TPSA) is 86.3 Å². The van der Waals surface area contributed by atoms with E-state index in [9.17, 15) is 20.2 Å². The van der Waals surface area contributed by atoms with E-state index in [1.165, 1.54) is 6.07 Å². The minimum atomic E-state index is -0.854. The van der Waals surface area contributed by atoms with Crippen molar-refractivity contribution in [3.05, 3.63) is 42.9 Å². The van der Waals surface area contributed by atoms with Crippen LogP contribution in [0.3, 0.4) is 0 Å². The van der Waals surface area contributed by atoms with Crippen LogP contribution in [0.1, 0.15) is 5.56 Å². The highest BCUT2D eigenvalue weighted by molar-refractivity contribution is 6.33. The monoisotopic (exact) mass is 216 g/mol. The number of nitro benzene ring substituents is 2. The molecule has 1 rings (SSSR count). The van der Waals surface area contributed by atoms with Crippen LogP contribution in [0.2, 0.25) is 5.02 Å². The number of hydrogen-bond donors (Lipinski definition) is 0. The van der Waals surface area contributed by atoms with E-state index in [2.05, 4.69) is 0 Å². The molecule has 1 aromatic rings. The fourth-order valence-corrected chi connectivity index (χ4v) is 1.21. The van der Waals surface area contributed by atoms with Crippen molar-refractivity contribution in [3.8, 4) is 0 Å². The molecule has 1 aromatic carbocycles. The first-order chi connectivity index (χ1) is 6.45. The molecule has 14 heavy (non-hydrogen) atoms. The van der Waals surface area contributed by atoms with Crippen LogP contribution < -0.4 is 0 Å². The number of halogens is 1. The highest BCUT2D eigenvalue weighted by Crippen LogP contribution is 2.36. The van der Waals surface area contributed by atoms with Gasteiger partial charge in [-0.05, 0) is 12.5 Å². The Labute approximate surface area is 83.4 Å². The third kappa shape index (κ3) is 1.64. The summed E-state index contributed by atoms with van der Waals surface area (Å²) in [6, 6.07) is 2.44. The first kappa shape index (κ1) is 10.4. The molecule has 0 spiro atoms. The van der Waals surface area contributed by atoms with Crippen molar-refractivity contribution in [2.24, 2.45) is 0 Å². The third-order valence-electron chi connectivity index (χ3n) is 1.67. The Kier molecular flexibility index (Phi) is 2.66. The van der Waals surface area contributed by atoms with Gasteiger partial charge in [0.05, 0.1) is 9.85 Å². The fraction of sp³-hybridized carbons (Fsp3) is 0.143. The van der Waals surface area contributed by atoms with Crippen molar-refractivity contribution in [2.75, 3.05) is 0 Å². The molecule has 0 fully saturated rings. The average Bonchev–Trinajstić information content (AvgIpc) is 2.08. The van der Waals surface area contributed by atoms with Crippen molar-refractivity contribution in [3.63, 3.8) is 0 Å². The van der Waals surface area contributed by atoms with Crippen LogP contribution in [0.4, 0.5) is 11.4 Å². The van der Waals surface area contributed by atoms with Gasteiger partial charge >= 0.3 is 11.4 Å². The number of rotatable bonds is 2. The average molecular weight is 217 g/mol. The SMILES string of the molecule is Cc1ccc([N+](=O)[O-])c([N+](=O)[O-])c1Cl. The zero-order valence-corrected chi connectivity index (χ0v) is 7.82. The molecule has 0 aliphatic rings. The second kappa shape index (κ2) is 3.59.